The summed E-state index contributed by atoms with van der Waals surface area (Å²) in [4.78, 5) is 16.3. The fraction of sp³-hybridized carbons (Fsp3) is 0.923. The second kappa shape index (κ2) is 7.71. The van der Waals surface area contributed by atoms with E-state index < -0.39 is 0 Å². The number of likely N-dealkylation sites (tertiary alicyclic amines) is 1. The smallest absolute Gasteiger partial charge is 0.323 e. The van der Waals surface area contributed by atoms with Crippen molar-refractivity contribution in [3.05, 3.63) is 0 Å². The van der Waals surface area contributed by atoms with E-state index in [2.05, 4.69) is 29.2 Å². The molecule has 0 bridgehead atoms. The van der Waals surface area contributed by atoms with Gasteiger partial charge in [-0.1, -0.05) is 0 Å². The summed E-state index contributed by atoms with van der Waals surface area (Å²) in [5.41, 5.74) is 0. The van der Waals surface area contributed by atoms with Crippen LogP contribution in [0.5, 0.6) is 0 Å². The highest BCUT2D eigenvalue weighted by Gasteiger charge is 2.25. The van der Waals surface area contributed by atoms with Crippen LogP contribution in [-0.4, -0.2) is 75.2 Å². The van der Waals surface area contributed by atoms with Crippen molar-refractivity contribution in [3.8, 4) is 0 Å². The molecule has 0 aliphatic carbocycles. The second-order valence-electron chi connectivity index (χ2n) is 5.09. The molecule has 0 amide bonds. The first-order chi connectivity index (χ1) is 8.58. The van der Waals surface area contributed by atoms with Crippen LogP contribution in [0.4, 0.5) is 0 Å². The number of carbonyl (C=O) groups is 1. The van der Waals surface area contributed by atoms with Crippen LogP contribution < -0.4 is 5.32 Å². The molecule has 0 radical (unpaired) electrons. The van der Waals surface area contributed by atoms with Gasteiger partial charge in [-0.2, -0.15) is 0 Å². The number of likely N-dealkylation sites (N-methyl/N-ethyl adjacent to an activating group) is 2. The molecule has 1 fully saturated rings. The van der Waals surface area contributed by atoms with Gasteiger partial charge in [0.15, 0.2) is 0 Å². The molecule has 0 spiro atoms. The predicted octanol–water partition coefficient (Wildman–Crippen LogP) is 0.164. The Morgan fingerprint density at radius 2 is 2.28 bits per heavy atom. The van der Waals surface area contributed by atoms with Crippen LogP contribution >= 0.6 is 0 Å². The lowest BCUT2D eigenvalue weighted by Gasteiger charge is -2.22. The van der Waals surface area contributed by atoms with Crippen molar-refractivity contribution in [1.82, 2.24) is 15.1 Å². The number of ether oxygens (including phenoxy) is 1. The molecular formula is C13H27N3O2. The van der Waals surface area contributed by atoms with Crippen LogP contribution in [0.15, 0.2) is 0 Å². The molecule has 2 unspecified atom stereocenters. The fourth-order valence-electron chi connectivity index (χ4n) is 2.37. The normalized spacial score (nSPS) is 22.4. The lowest BCUT2D eigenvalue weighted by molar-refractivity contribution is -0.145. The summed E-state index contributed by atoms with van der Waals surface area (Å²) in [7, 11) is 6.07. The van der Waals surface area contributed by atoms with Gasteiger partial charge >= 0.3 is 5.97 Å². The van der Waals surface area contributed by atoms with Gasteiger partial charge < -0.3 is 19.9 Å². The lowest BCUT2D eigenvalue weighted by Crippen LogP contribution is -2.39. The third-order valence-corrected chi connectivity index (χ3v) is 3.63. The maximum Gasteiger partial charge on any atom is 0.323 e. The van der Waals surface area contributed by atoms with Crippen LogP contribution in [0.2, 0.25) is 0 Å². The number of rotatable bonds is 7. The Hall–Kier alpha value is -0.650. The molecule has 5 nitrogen and oxygen atoms in total. The number of carbonyl (C=O) groups excluding carboxylic acids is 1. The summed E-state index contributed by atoms with van der Waals surface area (Å²) in [6.45, 7) is 5.47. The minimum absolute atomic E-state index is 0.136. The summed E-state index contributed by atoms with van der Waals surface area (Å²) in [6, 6.07) is 0.476. The zero-order chi connectivity index (χ0) is 13.5. The minimum Gasteiger partial charge on any atom is -0.465 e. The van der Waals surface area contributed by atoms with Crippen molar-refractivity contribution in [1.29, 1.82) is 0 Å². The highest BCUT2D eigenvalue weighted by Crippen LogP contribution is 2.13. The van der Waals surface area contributed by atoms with Crippen LogP contribution in [0, 0.1) is 0 Å². The van der Waals surface area contributed by atoms with Crippen molar-refractivity contribution in [2.45, 2.75) is 31.8 Å². The number of hydrogen-bond donors (Lipinski definition) is 1. The van der Waals surface area contributed by atoms with E-state index in [4.69, 9.17) is 4.74 Å². The van der Waals surface area contributed by atoms with Gasteiger partial charge in [0.25, 0.3) is 0 Å². The molecule has 0 aromatic carbocycles. The zero-order valence-electron chi connectivity index (χ0n) is 12.1. The Morgan fingerprint density at radius 3 is 2.78 bits per heavy atom. The van der Waals surface area contributed by atoms with Crippen LogP contribution in [0.25, 0.3) is 0 Å². The highest BCUT2D eigenvalue weighted by molar-refractivity contribution is 5.75. The quantitative estimate of drug-likeness (QED) is 0.658. The second-order valence-corrected chi connectivity index (χ2v) is 5.09. The number of nitrogens with zero attached hydrogens (tertiary/aromatic N) is 2. The maximum absolute atomic E-state index is 11.6. The summed E-state index contributed by atoms with van der Waals surface area (Å²) in [5, 5.41) is 3.03. The fourth-order valence-corrected chi connectivity index (χ4v) is 2.37. The number of hydrogen-bond acceptors (Lipinski definition) is 5. The molecule has 1 N–H and O–H groups in total. The van der Waals surface area contributed by atoms with Crippen molar-refractivity contribution in [2.75, 3.05) is 47.4 Å². The van der Waals surface area contributed by atoms with Gasteiger partial charge in [-0.15, -0.1) is 0 Å². The van der Waals surface area contributed by atoms with E-state index in [-0.39, 0.29) is 12.0 Å². The SMILES string of the molecule is CCOC(=O)C(CCN1CCC(N(C)C)C1)NC. The summed E-state index contributed by atoms with van der Waals surface area (Å²) in [5.74, 6) is -0.136. The molecular weight excluding hydrogens is 230 g/mol. The molecule has 1 heterocycles. The molecule has 5 heteroatoms. The molecule has 0 aromatic rings. The third-order valence-electron chi connectivity index (χ3n) is 3.63. The summed E-state index contributed by atoms with van der Waals surface area (Å²) in [6.07, 6.45) is 2.03. The Bertz CT molecular complexity index is 259. The first kappa shape index (κ1) is 15.4. The van der Waals surface area contributed by atoms with Gasteiger partial charge in [0.2, 0.25) is 0 Å². The topological polar surface area (TPSA) is 44.8 Å². The third kappa shape index (κ3) is 4.55. The van der Waals surface area contributed by atoms with Gasteiger partial charge in [-0.3, -0.25) is 4.79 Å². The Labute approximate surface area is 110 Å². The Kier molecular flexibility index (Phi) is 6.60. The first-order valence-electron chi connectivity index (χ1n) is 6.81. The number of nitrogens with one attached hydrogen (secondary N) is 1. The minimum atomic E-state index is -0.177. The molecule has 1 aliphatic heterocycles. The molecule has 1 rings (SSSR count). The van der Waals surface area contributed by atoms with Crippen LogP contribution in [-0.2, 0) is 9.53 Å². The van der Waals surface area contributed by atoms with Gasteiger partial charge in [0.1, 0.15) is 6.04 Å². The standard InChI is InChI=1S/C13H27N3O2/c1-5-18-13(17)12(14-2)7-9-16-8-6-11(10-16)15(3)4/h11-12,14H,5-10H2,1-4H3. The van der Waals surface area contributed by atoms with Crippen molar-refractivity contribution >= 4 is 5.97 Å². The summed E-state index contributed by atoms with van der Waals surface area (Å²) >= 11 is 0. The van der Waals surface area contributed by atoms with Gasteiger partial charge in [-0.05, 0) is 47.5 Å². The van der Waals surface area contributed by atoms with Gasteiger partial charge in [0.05, 0.1) is 6.61 Å². The first-order valence-corrected chi connectivity index (χ1v) is 6.81. The van der Waals surface area contributed by atoms with Crippen molar-refractivity contribution < 1.29 is 9.53 Å². The predicted molar refractivity (Wildman–Crippen MR) is 72.6 cm³/mol. The van der Waals surface area contributed by atoms with E-state index in [1.807, 2.05) is 14.0 Å². The molecule has 106 valence electrons. The van der Waals surface area contributed by atoms with Crippen molar-refractivity contribution in [3.63, 3.8) is 0 Å². The summed E-state index contributed by atoms with van der Waals surface area (Å²) < 4.78 is 5.04. The lowest BCUT2D eigenvalue weighted by atomic mass is 10.2. The molecule has 2 atom stereocenters. The van der Waals surface area contributed by atoms with Crippen molar-refractivity contribution in [2.24, 2.45) is 0 Å². The van der Waals surface area contributed by atoms with E-state index in [9.17, 15) is 4.79 Å². The molecule has 1 aliphatic rings. The Morgan fingerprint density at radius 1 is 1.56 bits per heavy atom. The monoisotopic (exact) mass is 257 g/mol. The van der Waals surface area contributed by atoms with Gasteiger partial charge in [-0.25, -0.2) is 0 Å². The largest absolute Gasteiger partial charge is 0.465 e. The van der Waals surface area contributed by atoms with E-state index >= 15 is 0 Å². The average Bonchev–Trinajstić information content (AvgIpc) is 2.79. The molecule has 0 aromatic heterocycles. The molecule has 1 saturated heterocycles. The highest BCUT2D eigenvalue weighted by atomic mass is 16.5. The van der Waals surface area contributed by atoms with E-state index in [1.165, 1.54) is 6.42 Å². The van der Waals surface area contributed by atoms with Gasteiger partial charge in [0, 0.05) is 19.1 Å². The van der Waals surface area contributed by atoms with E-state index in [0.717, 1.165) is 26.1 Å². The molecule has 0 saturated carbocycles. The van der Waals surface area contributed by atoms with Crippen LogP contribution in [0.3, 0.4) is 0 Å². The zero-order valence-corrected chi connectivity index (χ0v) is 12.1. The van der Waals surface area contributed by atoms with E-state index in [0.29, 0.717) is 12.6 Å². The van der Waals surface area contributed by atoms with Crippen LogP contribution in [0.1, 0.15) is 19.8 Å². The Balaban J connectivity index is 2.29. The number of esters is 1. The average molecular weight is 257 g/mol. The molecule has 18 heavy (non-hydrogen) atoms. The maximum atomic E-state index is 11.6. The van der Waals surface area contributed by atoms with E-state index in [1.54, 1.807) is 0 Å².